The van der Waals surface area contributed by atoms with Crippen molar-refractivity contribution in [3.63, 3.8) is 0 Å². The van der Waals surface area contributed by atoms with Gasteiger partial charge in [0.15, 0.2) is 5.66 Å². The highest BCUT2D eigenvalue weighted by Gasteiger charge is 2.46. The molecule has 5 aromatic rings. The van der Waals surface area contributed by atoms with Gasteiger partial charge in [-0.05, 0) is 42.8 Å². The van der Waals surface area contributed by atoms with Gasteiger partial charge in [0.25, 0.3) is 17.7 Å². The number of nitrogens with one attached hydrogen (secondary N) is 1. The van der Waals surface area contributed by atoms with Crippen molar-refractivity contribution < 1.29 is 24.6 Å². The Labute approximate surface area is 202 Å². The number of hydrogen-bond acceptors (Lipinski definition) is 6. The number of imide groups is 1. The molecule has 0 radical (unpaired) electrons. The second-order valence-corrected chi connectivity index (χ2v) is 9.64. The number of aromatic hydroxyl groups is 2. The van der Waals surface area contributed by atoms with E-state index in [2.05, 4.69) is 5.32 Å². The first-order valence-electron chi connectivity index (χ1n) is 11.6. The van der Waals surface area contributed by atoms with Crippen LogP contribution in [0.2, 0.25) is 0 Å². The lowest BCUT2D eigenvalue weighted by molar-refractivity contribution is -0.126. The Balaban J connectivity index is 1.92. The molecule has 0 saturated carbocycles. The highest BCUT2D eigenvalue weighted by molar-refractivity contribution is 6.39. The van der Waals surface area contributed by atoms with Gasteiger partial charge >= 0.3 is 0 Å². The SMILES string of the molecule is CCC1C[C@@](N)(C(N)=O)n2c3ccc(O)cc3c3c4c(c5c6cc(O)ccc6n1c5c32)C(=O)NC4=O. The summed E-state index contributed by atoms with van der Waals surface area (Å²) in [4.78, 5) is 39.5. The topological polar surface area (TPSA) is 166 Å². The van der Waals surface area contributed by atoms with E-state index in [-0.39, 0.29) is 35.1 Å². The van der Waals surface area contributed by atoms with Crippen molar-refractivity contribution in [3.8, 4) is 11.5 Å². The van der Waals surface area contributed by atoms with Crippen LogP contribution in [0.25, 0.3) is 43.6 Å². The quantitative estimate of drug-likeness (QED) is 0.242. The maximum atomic E-state index is 13.2. The maximum Gasteiger partial charge on any atom is 0.259 e. The highest BCUT2D eigenvalue weighted by Crippen LogP contribution is 2.51. The van der Waals surface area contributed by atoms with E-state index >= 15 is 0 Å². The third-order valence-electron chi connectivity index (χ3n) is 7.80. The summed E-state index contributed by atoms with van der Waals surface area (Å²) in [6.07, 6.45) is 0.747. The fourth-order valence-corrected chi connectivity index (χ4v) is 6.35. The van der Waals surface area contributed by atoms with Crippen LogP contribution in [0.4, 0.5) is 0 Å². The fourth-order valence-electron chi connectivity index (χ4n) is 6.35. The smallest absolute Gasteiger partial charge is 0.259 e. The van der Waals surface area contributed by atoms with Gasteiger partial charge in [-0.2, -0.15) is 0 Å². The average Bonchev–Trinajstić information content (AvgIpc) is 3.41. The number of phenols is 2. The van der Waals surface area contributed by atoms with Crippen LogP contribution in [0.5, 0.6) is 11.5 Å². The molecule has 0 bridgehead atoms. The molecule has 0 aliphatic carbocycles. The standard InChI is InChI=1S/C26H21N5O5/c1-2-10-9-26(28,25(27)36)31-16-6-4-12(33)8-14(16)18-20-19(23(34)29-24(20)35)17-13-7-11(32)3-5-15(13)30(10)21(17)22(18)31/h3-8,10,32-33H,2,9,28H2,1H3,(H2,27,36)(H,29,34,35)/t10?,26-/m0/s1. The van der Waals surface area contributed by atoms with Crippen molar-refractivity contribution in [3.05, 3.63) is 47.5 Å². The van der Waals surface area contributed by atoms with Crippen molar-refractivity contribution >= 4 is 61.3 Å². The summed E-state index contributed by atoms with van der Waals surface area (Å²) in [6, 6.07) is 9.20. The van der Waals surface area contributed by atoms with Crippen LogP contribution >= 0.6 is 0 Å². The lowest BCUT2D eigenvalue weighted by atomic mass is 9.96. The minimum absolute atomic E-state index is 0.0148. The summed E-state index contributed by atoms with van der Waals surface area (Å²) in [5.74, 6) is -1.91. The zero-order valence-corrected chi connectivity index (χ0v) is 19.1. The summed E-state index contributed by atoms with van der Waals surface area (Å²) in [7, 11) is 0. The highest BCUT2D eigenvalue weighted by atomic mass is 16.3. The molecule has 2 aliphatic rings. The molecule has 1 unspecified atom stereocenters. The summed E-state index contributed by atoms with van der Waals surface area (Å²) in [5, 5.41) is 25.1. The molecular formula is C26H21N5O5. The first kappa shape index (κ1) is 20.8. The molecule has 36 heavy (non-hydrogen) atoms. The Kier molecular flexibility index (Phi) is 3.66. The molecule has 7 N–H and O–H groups in total. The summed E-state index contributed by atoms with van der Waals surface area (Å²) < 4.78 is 3.69. The van der Waals surface area contributed by atoms with Gasteiger partial charge in [0, 0.05) is 39.5 Å². The molecule has 2 atom stereocenters. The van der Waals surface area contributed by atoms with E-state index in [9.17, 15) is 24.6 Å². The molecule has 0 saturated heterocycles. The van der Waals surface area contributed by atoms with E-state index in [1.807, 2.05) is 11.5 Å². The predicted molar refractivity (Wildman–Crippen MR) is 133 cm³/mol. The minimum atomic E-state index is -1.67. The van der Waals surface area contributed by atoms with Crippen LogP contribution in [0, 0.1) is 0 Å². The Morgan fingerprint density at radius 1 is 1.00 bits per heavy atom. The van der Waals surface area contributed by atoms with Crippen LogP contribution in [0.1, 0.15) is 46.5 Å². The third-order valence-corrected chi connectivity index (χ3v) is 7.80. The largest absolute Gasteiger partial charge is 0.508 e. The summed E-state index contributed by atoms with van der Waals surface area (Å²) >= 11 is 0. The first-order valence-corrected chi connectivity index (χ1v) is 11.6. The Bertz CT molecular complexity index is 1900. The van der Waals surface area contributed by atoms with Gasteiger partial charge in [0.2, 0.25) is 0 Å². The van der Waals surface area contributed by atoms with E-state index in [0.717, 1.165) is 5.52 Å². The predicted octanol–water partition coefficient (Wildman–Crippen LogP) is 2.65. The number of benzene rings is 3. The number of nitrogens with zero attached hydrogens (tertiary/aromatic N) is 2. The average molecular weight is 483 g/mol. The number of fused-ring (bicyclic) bond motifs is 9. The van der Waals surface area contributed by atoms with Gasteiger partial charge in [-0.15, -0.1) is 0 Å². The van der Waals surface area contributed by atoms with Gasteiger partial charge in [-0.1, -0.05) is 6.92 Å². The molecule has 2 aliphatic heterocycles. The lowest BCUT2D eigenvalue weighted by Gasteiger charge is -2.31. The van der Waals surface area contributed by atoms with Crippen molar-refractivity contribution in [2.24, 2.45) is 11.5 Å². The molecule has 3 aromatic carbocycles. The van der Waals surface area contributed by atoms with Crippen LogP contribution in [-0.4, -0.2) is 37.1 Å². The molecule has 10 heteroatoms. The number of carbonyl (C=O) groups is 3. The Morgan fingerprint density at radius 2 is 1.56 bits per heavy atom. The number of aromatic nitrogens is 2. The van der Waals surface area contributed by atoms with E-state index in [0.29, 0.717) is 44.5 Å². The molecule has 4 heterocycles. The Morgan fingerprint density at radius 3 is 2.14 bits per heavy atom. The molecule has 0 spiro atoms. The Hall–Kier alpha value is -4.57. The summed E-state index contributed by atoms with van der Waals surface area (Å²) in [5.41, 5.74) is 13.8. The van der Waals surface area contributed by atoms with E-state index in [1.54, 1.807) is 28.8 Å². The number of nitrogens with two attached hydrogens (primary N) is 2. The monoisotopic (exact) mass is 483 g/mol. The van der Waals surface area contributed by atoms with Crippen LogP contribution < -0.4 is 16.8 Å². The van der Waals surface area contributed by atoms with Crippen molar-refractivity contribution in [1.29, 1.82) is 0 Å². The second kappa shape index (κ2) is 6.35. The molecule has 180 valence electrons. The van der Waals surface area contributed by atoms with Crippen molar-refractivity contribution in [2.45, 2.75) is 31.5 Å². The minimum Gasteiger partial charge on any atom is -0.508 e. The van der Waals surface area contributed by atoms with E-state index in [1.165, 1.54) is 12.1 Å². The molecule has 0 fully saturated rings. The van der Waals surface area contributed by atoms with Gasteiger partial charge in [0.05, 0.1) is 27.7 Å². The lowest BCUT2D eigenvalue weighted by Crippen LogP contribution is -2.54. The van der Waals surface area contributed by atoms with Gasteiger partial charge in [-0.25, -0.2) is 0 Å². The zero-order valence-electron chi connectivity index (χ0n) is 19.1. The summed E-state index contributed by atoms with van der Waals surface area (Å²) in [6.45, 7) is 1.97. The number of carbonyl (C=O) groups excluding carboxylic acids is 3. The first-order chi connectivity index (χ1) is 17.2. The van der Waals surface area contributed by atoms with Gasteiger partial charge in [-0.3, -0.25) is 19.7 Å². The second-order valence-electron chi connectivity index (χ2n) is 9.64. The van der Waals surface area contributed by atoms with Crippen molar-refractivity contribution in [1.82, 2.24) is 14.5 Å². The third kappa shape index (κ3) is 2.18. The normalized spacial score (nSPS) is 21.1. The van der Waals surface area contributed by atoms with E-state index in [4.69, 9.17) is 11.5 Å². The molecular weight excluding hydrogens is 462 g/mol. The number of phenolic OH excluding ortho intramolecular Hbond substituents is 2. The fraction of sp³-hybridized carbons (Fsp3) is 0.192. The number of hydrogen-bond donors (Lipinski definition) is 5. The van der Waals surface area contributed by atoms with Crippen LogP contribution in [0.15, 0.2) is 36.4 Å². The van der Waals surface area contributed by atoms with Crippen molar-refractivity contribution in [2.75, 3.05) is 0 Å². The molecule has 3 amide bonds. The number of primary amides is 1. The zero-order chi connectivity index (χ0) is 25.3. The number of rotatable bonds is 2. The maximum absolute atomic E-state index is 13.2. The molecule has 2 aromatic heterocycles. The van der Waals surface area contributed by atoms with Crippen LogP contribution in [0.3, 0.4) is 0 Å². The van der Waals surface area contributed by atoms with E-state index < -0.39 is 23.4 Å². The van der Waals surface area contributed by atoms with Gasteiger partial charge in [0.1, 0.15) is 11.5 Å². The van der Waals surface area contributed by atoms with Crippen LogP contribution in [-0.2, 0) is 10.5 Å². The molecule has 7 rings (SSSR count). The number of amides is 3. The molecule has 10 nitrogen and oxygen atoms in total. The van der Waals surface area contributed by atoms with Gasteiger partial charge < -0.3 is 30.8 Å².